The smallest absolute Gasteiger partial charge is 0.0697 e. The molecule has 0 aromatic heterocycles. The molecule has 130 valence electrons. The van der Waals surface area contributed by atoms with Gasteiger partial charge in [-0.05, 0) is 47.9 Å². The molecule has 0 radical (unpaired) electrons. The van der Waals surface area contributed by atoms with E-state index in [0.29, 0.717) is 18.2 Å². The monoisotopic (exact) mass is 366 g/mol. The number of aryl methyl sites for hydroxylation is 1. The van der Waals surface area contributed by atoms with Crippen molar-refractivity contribution in [3.8, 4) is 0 Å². The van der Waals surface area contributed by atoms with Gasteiger partial charge in [-0.2, -0.15) is 0 Å². The average molecular weight is 367 g/mol. The van der Waals surface area contributed by atoms with Crippen LogP contribution in [0.3, 0.4) is 0 Å². The molecular formula is C20H24Cl2O2. The minimum Gasteiger partial charge on any atom is -0.394 e. The lowest BCUT2D eigenvalue weighted by Crippen LogP contribution is -2.25. The maximum absolute atomic E-state index is 8.87. The maximum atomic E-state index is 8.87. The molecule has 0 saturated heterocycles. The second-order valence-corrected chi connectivity index (χ2v) is 7.09. The number of benzene rings is 2. The Morgan fingerprint density at radius 2 is 1.75 bits per heavy atom. The molecule has 0 aliphatic carbocycles. The van der Waals surface area contributed by atoms with E-state index in [1.54, 1.807) is 6.07 Å². The van der Waals surface area contributed by atoms with E-state index in [9.17, 15) is 0 Å². The molecule has 0 spiro atoms. The zero-order valence-corrected chi connectivity index (χ0v) is 15.5. The van der Waals surface area contributed by atoms with Crippen LogP contribution < -0.4 is 0 Å². The lowest BCUT2D eigenvalue weighted by molar-refractivity contribution is 0.0793. The van der Waals surface area contributed by atoms with Crippen LogP contribution in [0.1, 0.15) is 30.9 Å². The number of ether oxygens (including phenoxy) is 1. The Hall–Kier alpha value is -1.06. The fourth-order valence-corrected chi connectivity index (χ4v) is 3.36. The van der Waals surface area contributed by atoms with Crippen molar-refractivity contribution in [2.45, 2.75) is 31.6 Å². The number of rotatable bonds is 9. The third-order valence-corrected chi connectivity index (χ3v) is 5.05. The fourth-order valence-electron chi connectivity index (χ4n) is 2.85. The predicted octanol–water partition coefficient (Wildman–Crippen LogP) is 5.28. The van der Waals surface area contributed by atoms with Crippen LogP contribution in [-0.2, 0) is 16.6 Å². The first kappa shape index (κ1) is 19.3. The Kier molecular flexibility index (Phi) is 7.57. The van der Waals surface area contributed by atoms with Crippen molar-refractivity contribution in [2.75, 3.05) is 19.8 Å². The molecule has 0 heterocycles. The van der Waals surface area contributed by atoms with Gasteiger partial charge in [0.15, 0.2) is 0 Å². The predicted molar refractivity (Wildman–Crippen MR) is 101 cm³/mol. The van der Waals surface area contributed by atoms with Crippen LogP contribution in [0.5, 0.6) is 0 Å². The number of aliphatic hydroxyl groups is 1. The van der Waals surface area contributed by atoms with Crippen molar-refractivity contribution >= 4 is 23.2 Å². The molecule has 2 nitrogen and oxygen atoms in total. The Balaban J connectivity index is 2.10. The van der Waals surface area contributed by atoms with Crippen LogP contribution in [0.4, 0.5) is 0 Å². The van der Waals surface area contributed by atoms with Gasteiger partial charge in [-0.1, -0.05) is 66.5 Å². The zero-order chi connectivity index (χ0) is 17.4. The number of aliphatic hydroxyl groups excluding tert-OH is 1. The largest absolute Gasteiger partial charge is 0.394 e. The highest BCUT2D eigenvalue weighted by Crippen LogP contribution is 2.34. The van der Waals surface area contributed by atoms with Crippen molar-refractivity contribution in [1.29, 1.82) is 0 Å². The van der Waals surface area contributed by atoms with E-state index in [0.717, 1.165) is 29.8 Å². The lowest BCUT2D eigenvalue weighted by Gasteiger charge is -2.30. The average Bonchev–Trinajstić information content (AvgIpc) is 2.59. The van der Waals surface area contributed by atoms with E-state index in [-0.39, 0.29) is 12.0 Å². The highest BCUT2D eigenvalue weighted by atomic mass is 35.5. The third-order valence-electron chi connectivity index (χ3n) is 4.47. The van der Waals surface area contributed by atoms with Gasteiger partial charge in [-0.15, -0.1) is 0 Å². The van der Waals surface area contributed by atoms with Crippen LogP contribution in [-0.4, -0.2) is 24.9 Å². The Morgan fingerprint density at radius 3 is 2.42 bits per heavy atom. The first-order valence-electron chi connectivity index (χ1n) is 8.23. The van der Waals surface area contributed by atoms with Crippen molar-refractivity contribution in [1.82, 2.24) is 0 Å². The van der Waals surface area contributed by atoms with Crippen molar-refractivity contribution in [2.24, 2.45) is 0 Å². The summed E-state index contributed by atoms with van der Waals surface area (Å²) >= 11 is 12.3. The SMILES string of the molecule is CC(CCOCCO)(CCc1ccc(Cl)cc1Cl)c1ccccc1. The van der Waals surface area contributed by atoms with Crippen molar-refractivity contribution in [3.63, 3.8) is 0 Å². The van der Waals surface area contributed by atoms with Gasteiger partial charge in [0.25, 0.3) is 0 Å². The Bertz CT molecular complexity index is 631. The molecule has 0 aliphatic heterocycles. The van der Waals surface area contributed by atoms with Gasteiger partial charge in [0.2, 0.25) is 0 Å². The van der Waals surface area contributed by atoms with Crippen LogP contribution >= 0.6 is 23.2 Å². The molecule has 4 heteroatoms. The molecule has 0 bridgehead atoms. The van der Waals surface area contributed by atoms with Gasteiger partial charge in [-0.3, -0.25) is 0 Å². The molecule has 2 aromatic rings. The van der Waals surface area contributed by atoms with Crippen molar-refractivity contribution < 1.29 is 9.84 Å². The van der Waals surface area contributed by atoms with Gasteiger partial charge >= 0.3 is 0 Å². The summed E-state index contributed by atoms with van der Waals surface area (Å²) in [7, 11) is 0. The zero-order valence-electron chi connectivity index (χ0n) is 14.0. The first-order valence-corrected chi connectivity index (χ1v) is 8.99. The highest BCUT2D eigenvalue weighted by Gasteiger charge is 2.26. The molecule has 2 rings (SSSR count). The summed E-state index contributed by atoms with van der Waals surface area (Å²) in [5, 5.41) is 10.2. The molecule has 0 amide bonds. The molecule has 0 fully saturated rings. The summed E-state index contributed by atoms with van der Waals surface area (Å²) in [4.78, 5) is 0. The van der Waals surface area contributed by atoms with Gasteiger partial charge in [0.05, 0.1) is 13.2 Å². The van der Waals surface area contributed by atoms with Crippen LogP contribution in [0.2, 0.25) is 10.0 Å². The van der Waals surface area contributed by atoms with E-state index in [2.05, 4.69) is 31.2 Å². The summed E-state index contributed by atoms with van der Waals surface area (Å²) in [6, 6.07) is 16.2. The molecule has 1 N–H and O–H groups in total. The normalized spacial score (nSPS) is 13.7. The van der Waals surface area contributed by atoms with Crippen molar-refractivity contribution in [3.05, 3.63) is 69.7 Å². The molecule has 24 heavy (non-hydrogen) atoms. The number of hydrogen-bond acceptors (Lipinski definition) is 2. The molecular weight excluding hydrogens is 343 g/mol. The highest BCUT2D eigenvalue weighted by molar-refractivity contribution is 6.35. The lowest BCUT2D eigenvalue weighted by atomic mass is 9.75. The van der Waals surface area contributed by atoms with Crippen LogP contribution in [0.15, 0.2) is 48.5 Å². The molecule has 0 aliphatic rings. The summed E-state index contributed by atoms with van der Waals surface area (Å²) in [6.07, 6.45) is 2.73. The number of halogens is 2. The van der Waals surface area contributed by atoms with E-state index >= 15 is 0 Å². The van der Waals surface area contributed by atoms with E-state index in [4.69, 9.17) is 33.0 Å². The molecule has 0 saturated carbocycles. The third kappa shape index (κ3) is 5.49. The van der Waals surface area contributed by atoms with Gasteiger partial charge in [0.1, 0.15) is 0 Å². The van der Waals surface area contributed by atoms with Crippen LogP contribution in [0, 0.1) is 0 Å². The summed E-state index contributed by atoms with van der Waals surface area (Å²) in [5.41, 5.74) is 2.39. The summed E-state index contributed by atoms with van der Waals surface area (Å²) in [5.74, 6) is 0. The minimum atomic E-state index is -0.0142. The van der Waals surface area contributed by atoms with Gasteiger partial charge in [0, 0.05) is 16.7 Å². The van der Waals surface area contributed by atoms with Gasteiger partial charge in [-0.25, -0.2) is 0 Å². The van der Waals surface area contributed by atoms with Crippen LogP contribution in [0.25, 0.3) is 0 Å². The second kappa shape index (κ2) is 9.43. The minimum absolute atomic E-state index is 0.0142. The van der Waals surface area contributed by atoms with Gasteiger partial charge < -0.3 is 9.84 Å². The molecule has 2 aromatic carbocycles. The van der Waals surface area contributed by atoms with E-state index in [1.807, 2.05) is 18.2 Å². The van der Waals surface area contributed by atoms with E-state index < -0.39 is 0 Å². The fraction of sp³-hybridized carbons (Fsp3) is 0.400. The maximum Gasteiger partial charge on any atom is 0.0697 e. The Morgan fingerprint density at radius 1 is 1.00 bits per heavy atom. The summed E-state index contributed by atoms with van der Waals surface area (Å²) in [6.45, 7) is 3.32. The standard InChI is InChI=1S/C20H24Cl2O2/c1-20(11-13-24-14-12-23,17-5-3-2-4-6-17)10-9-16-7-8-18(21)15-19(16)22/h2-8,15,23H,9-14H2,1H3. The topological polar surface area (TPSA) is 29.5 Å². The Labute approximate surface area is 154 Å². The molecule has 1 atom stereocenters. The quantitative estimate of drug-likeness (QED) is 0.611. The summed E-state index contributed by atoms with van der Waals surface area (Å²) < 4.78 is 5.50. The molecule has 1 unspecified atom stereocenters. The van der Waals surface area contributed by atoms with E-state index in [1.165, 1.54) is 5.56 Å². The first-order chi connectivity index (χ1) is 11.5. The number of hydrogen-bond donors (Lipinski definition) is 1. The second-order valence-electron chi connectivity index (χ2n) is 6.25.